The summed E-state index contributed by atoms with van der Waals surface area (Å²) in [6.45, 7) is 6.09. The zero-order chi connectivity index (χ0) is 11.7. The van der Waals surface area contributed by atoms with Crippen LogP contribution in [-0.2, 0) is 11.3 Å². The van der Waals surface area contributed by atoms with Crippen LogP contribution in [0.2, 0.25) is 0 Å². The Hall–Kier alpha value is -0.450. The van der Waals surface area contributed by atoms with Gasteiger partial charge in [0.05, 0.1) is 24.4 Å². The minimum atomic E-state index is 0.342. The van der Waals surface area contributed by atoms with E-state index in [0.29, 0.717) is 5.54 Å². The molecule has 1 saturated heterocycles. The number of ether oxygens (including phenoxy) is 1. The average Bonchev–Trinajstić information content (AvgIpc) is 2.94. The van der Waals surface area contributed by atoms with E-state index < -0.39 is 0 Å². The standard InChI is InChI=1S/C13H20N2OS/c1-11-12(17-10-14-11)8-15-6-7-16-9-13(15)4-2-3-5-13/h10H,2-9H2,1H3. The molecule has 2 aliphatic rings. The Morgan fingerprint density at radius 3 is 3.00 bits per heavy atom. The first-order valence-corrected chi connectivity index (χ1v) is 7.40. The molecule has 0 N–H and O–H groups in total. The van der Waals surface area contributed by atoms with Gasteiger partial charge in [-0.1, -0.05) is 12.8 Å². The Morgan fingerprint density at radius 1 is 1.47 bits per heavy atom. The highest BCUT2D eigenvalue weighted by Gasteiger charge is 2.41. The maximum absolute atomic E-state index is 5.73. The molecule has 0 bridgehead atoms. The molecule has 1 aromatic heterocycles. The molecule has 4 heteroatoms. The van der Waals surface area contributed by atoms with Crippen molar-refractivity contribution in [2.45, 2.75) is 44.7 Å². The molecular weight excluding hydrogens is 232 g/mol. The summed E-state index contributed by atoms with van der Waals surface area (Å²) in [5.41, 5.74) is 3.51. The molecule has 3 rings (SSSR count). The fraction of sp³-hybridized carbons (Fsp3) is 0.769. The summed E-state index contributed by atoms with van der Waals surface area (Å²) in [6.07, 6.45) is 5.35. The third kappa shape index (κ3) is 2.14. The van der Waals surface area contributed by atoms with Crippen molar-refractivity contribution in [2.75, 3.05) is 19.8 Å². The Labute approximate surface area is 107 Å². The van der Waals surface area contributed by atoms with Gasteiger partial charge in [-0.15, -0.1) is 11.3 Å². The normalized spacial score (nSPS) is 24.5. The van der Waals surface area contributed by atoms with Crippen molar-refractivity contribution in [1.82, 2.24) is 9.88 Å². The largest absolute Gasteiger partial charge is 0.378 e. The van der Waals surface area contributed by atoms with Crippen LogP contribution in [0.15, 0.2) is 5.51 Å². The molecule has 0 radical (unpaired) electrons. The van der Waals surface area contributed by atoms with Crippen LogP contribution in [0.5, 0.6) is 0 Å². The van der Waals surface area contributed by atoms with E-state index in [4.69, 9.17) is 4.74 Å². The Bertz CT molecular complexity index is 385. The Kier molecular flexibility index (Phi) is 3.19. The number of thiazole rings is 1. The van der Waals surface area contributed by atoms with Gasteiger partial charge in [-0.25, -0.2) is 4.98 Å². The highest BCUT2D eigenvalue weighted by Crippen LogP contribution is 2.38. The molecule has 0 amide bonds. The van der Waals surface area contributed by atoms with Crippen LogP contribution in [-0.4, -0.2) is 35.2 Å². The molecule has 0 atom stereocenters. The predicted octanol–water partition coefficient (Wildman–Crippen LogP) is 2.60. The lowest BCUT2D eigenvalue weighted by Crippen LogP contribution is -2.54. The lowest BCUT2D eigenvalue weighted by molar-refractivity contribution is -0.0699. The maximum Gasteiger partial charge on any atom is 0.0798 e. The second kappa shape index (κ2) is 4.67. The van der Waals surface area contributed by atoms with Crippen LogP contribution in [0.4, 0.5) is 0 Å². The van der Waals surface area contributed by atoms with Gasteiger partial charge in [-0.3, -0.25) is 4.90 Å². The molecule has 17 heavy (non-hydrogen) atoms. The van der Waals surface area contributed by atoms with E-state index in [1.165, 1.54) is 36.3 Å². The Morgan fingerprint density at radius 2 is 2.29 bits per heavy atom. The first kappa shape index (κ1) is 11.6. The lowest BCUT2D eigenvalue weighted by atomic mass is 9.94. The van der Waals surface area contributed by atoms with Crippen molar-refractivity contribution in [1.29, 1.82) is 0 Å². The summed E-state index contributed by atoms with van der Waals surface area (Å²) in [7, 11) is 0. The molecule has 0 aromatic carbocycles. The third-order valence-corrected chi connectivity index (χ3v) is 5.18. The summed E-state index contributed by atoms with van der Waals surface area (Å²) in [5, 5.41) is 0. The van der Waals surface area contributed by atoms with E-state index >= 15 is 0 Å². The second-order valence-corrected chi connectivity index (χ2v) is 6.21. The van der Waals surface area contributed by atoms with Crippen molar-refractivity contribution in [3.8, 4) is 0 Å². The van der Waals surface area contributed by atoms with Crippen molar-refractivity contribution in [2.24, 2.45) is 0 Å². The van der Waals surface area contributed by atoms with E-state index in [2.05, 4.69) is 16.8 Å². The van der Waals surface area contributed by atoms with Crippen LogP contribution in [0.25, 0.3) is 0 Å². The molecule has 1 aromatic rings. The number of nitrogens with zero attached hydrogens (tertiary/aromatic N) is 2. The number of morpholine rings is 1. The van der Waals surface area contributed by atoms with E-state index in [1.54, 1.807) is 11.3 Å². The minimum absolute atomic E-state index is 0.342. The van der Waals surface area contributed by atoms with Crippen molar-refractivity contribution < 1.29 is 4.74 Å². The van der Waals surface area contributed by atoms with Crippen molar-refractivity contribution in [3.63, 3.8) is 0 Å². The third-order valence-electron chi connectivity index (χ3n) is 4.26. The first-order chi connectivity index (χ1) is 8.30. The summed E-state index contributed by atoms with van der Waals surface area (Å²) in [6, 6.07) is 0. The quantitative estimate of drug-likeness (QED) is 0.809. The van der Waals surface area contributed by atoms with Gasteiger partial charge in [0.1, 0.15) is 0 Å². The maximum atomic E-state index is 5.73. The predicted molar refractivity (Wildman–Crippen MR) is 69.3 cm³/mol. The van der Waals surface area contributed by atoms with Gasteiger partial charge in [0.2, 0.25) is 0 Å². The Balaban J connectivity index is 1.78. The number of hydrogen-bond donors (Lipinski definition) is 0. The van der Waals surface area contributed by atoms with Crippen molar-refractivity contribution >= 4 is 11.3 Å². The molecule has 2 fully saturated rings. The highest BCUT2D eigenvalue weighted by atomic mass is 32.1. The number of rotatable bonds is 2. The van der Waals surface area contributed by atoms with Crippen molar-refractivity contribution in [3.05, 3.63) is 16.1 Å². The van der Waals surface area contributed by atoms with E-state index in [1.807, 2.05) is 5.51 Å². The highest BCUT2D eigenvalue weighted by molar-refractivity contribution is 7.09. The molecule has 1 spiro atoms. The van der Waals surface area contributed by atoms with E-state index in [0.717, 1.165) is 26.3 Å². The fourth-order valence-corrected chi connectivity index (χ4v) is 3.95. The summed E-state index contributed by atoms with van der Waals surface area (Å²) in [5.74, 6) is 0. The molecule has 2 heterocycles. The van der Waals surface area contributed by atoms with Crippen LogP contribution in [0.1, 0.15) is 36.3 Å². The van der Waals surface area contributed by atoms with Crippen LogP contribution in [0.3, 0.4) is 0 Å². The average molecular weight is 252 g/mol. The van der Waals surface area contributed by atoms with E-state index in [-0.39, 0.29) is 0 Å². The molecule has 0 unspecified atom stereocenters. The van der Waals surface area contributed by atoms with Crippen LogP contribution < -0.4 is 0 Å². The van der Waals surface area contributed by atoms with Gasteiger partial charge in [-0.05, 0) is 19.8 Å². The molecule has 3 nitrogen and oxygen atoms in total. The van der Waals surface area contributed by atoms with Gasteiger partial charge >= 0.3 is 0 Å². The zero-order valence-electron chi connectivity index (χ0n) is 10.4. The zero-order valence-corrected chi connectivity index (χ0v) is 11.3. The number of hydrogen-bond acceptors (Lipinski definition) is 4. The number of aryl methyl sites for hydroxylation is 1. The van der Waals surface area contributed by atoms with E-state index in [9.17, 15) is 0 Å². The number of aromatic nitrogens is 1. The topological polar surface area (TPSA) is 25.4 Å². The summed E-state index contributed by atoms with van der Waals surface area (Å²) >= 11 is 1.79. The lowest BCUT2D eigenvalue weighted by Gasteiger charge is -2.44. The molecule has 94 valence electrons. The molecule has 1 saturated carbocycles. The summed E-state index contributed by atoms with van der Waals surface area (Å²) < 4.78 is 5.73. The summed E-state index contributed by atoms with van der Waals surface area (Å²) in [4.78, 5) is 8.44. The SMILES string of the molecule is Cc1ncsc1CN1CCOCC12CCCC2. The monoisotopic (exact) mass is 252 g/mol. The van der Waals surface area contributed by atoms with Gasteiger partial charge < -0.3 is 4.74 Å². The van der Waals surface area contributed by atoms with Gasteiger partial charge in [-0.2, -0.15) is 0 Å². The first-order valence-electron chi connectivity index (χ1n) is 6.52. The van der Waals surface area contributed by atoms with Crippen LogP contribution in [0, 0.1) is 6.92 Å². The van der Waals surface area contributed by atoms with Crippen LogP contribution >= 0.6 is 11.3 Å². The van der Waals surface area contributed by atoms with Gasteiger partial charge in [0.25, 0.3) is 0 Å². The fourth-order valence-electron chi connectivity index (χ4n) is 3.16. The molecule has 1 aliphatic heterocycles. The second-order valence-electron chi connectivity index (χ2n) is 5.27. The molecule has 1 aliphatic carbocycles. The van der Waals surface area contributed by atoms with Gasteiger partial charge in [0, 0.05) is 23.5 Å². The van der Waals surface area contributed by atoms with Gasteiger partial charge in [0.15, 0.2) is 0 Å². The molecular formula is C13H20N2OS. The minimum Gasteiger partial charge on any atom is -0.378 e. The smallest absolute Gasteiger partial charge is 0.0798 e.